The summed E-state index contributed by atoms with van der Waals surface area (Å²) >= 11 is 0. The number of nitrogens with two attached hydrogens (primary N) is 1. The predicted molar refractivity (Wildman–Crippen MR) is 99.5 cm³/mol. The number of primary amides is 1. The lowest BCUT2D eigenvalue weighted by Crippen LogP contribution is -2.53. The molecule has 140 valence electrons. The van der Waals surface area contributed by atoms with Crippen LogP contribution in [0.5, 0.6) is 0 Å². The number of hydrogen-bond donors (Lipinski definition) is 1. The molecule has 0 radical (unpaired) electrons. The van der Waals surface area contributed by atoms with E-state index in [2.05, 4.69) is 11.8 Å². The van der Waals surface area contributed by atoms with Gasteiger partial charge in [0.05, 0.1) is 16.6 Å². The largest absolute Gasteiger partial charge is 0.359 e. The number of nitrogens with zero attached hydrogens (tertiary/aromatic N) is 2. The highest BCUT2D eigenvalue weighted by Gasteiger charge is 2.59. The third-order valence-electron chi connectivity index (χ3n) is 6.34. The quantitative estimate of drug-likeness (QED) is 0.649. The first-order chi connectivity index (χ1) is 13.0. The van der Waals surface area contributed by atoms with Gasteiger partial charge in [-0.05, 0) is 42.4 Å². The van der Waals surface area contributed by atoms with E-state index in [1.165, 1.54) is 12.2 Å². The van der Waals surface area contributed by atoms with E-state index in [9.17, 15) is 24.9 Å². The first-order valence-electron chi connectivity index (χ1n) is 8.92. The lowest BCUT2D eigenvalue weighted by atomic mass is 9.45. The van der Waals surface area contributed by atoms with Gasteiger partial charge in [0.15, 0.2) is 11.6 Å². The van der Waals surface area contributed by atoms with Gasteiger partial charge in [0.1, 0.15) is 12.1 Å². The molecule has 6 nitrogen and oxygen atoms in total. The molecule has 3 aliphatic rings. The van der Waals surface area contributed by atoms with E-state index in [0.29, 0.717) is 18.4 Å². The number of ketones is 2. The second-order valence-electron chi connectivity index (χ2n) is 8.27. The van der Waals surface area contributed by atoms with Gasteiger partial charge in [-0.2, -0.15) is 10.5 Å². The fraction of sp³-hybridized carbons (Fsp3) is 0.409. The van der Waals surface area contributed by atoms with Crippen LogP contribution in [0.4, 0.5) is 0 Å². The van der Waals surface area contributed by atoms with Crippen molar-refractivity contribution in [2.75, 3.05) is 0 Å². The third-order valence-corrected chi connectivity index (χ3v) is 6.34. The lowest BCUT2D eigenvalue weighted by molar-refractivity contribution is -0.130. The minimum absolute atomic E-state index is 0.0415. The van der Waals surface area contributed by atoms with Gasteiger partial charge in [-0.1, -0.05) is 32.8 Å². The zero-order chi connectivity index (χ0) is 20.9. The highest BCUT2D eigenvalue weighted by Crippen LogP contribution is 2.63. The molecule has 0 heterocycles. The molecule has 0 bridgehead atoms. The summed E-state index contributed by atoms with van der Waals surface area (Å²) in [6.45, 7) is 5.51. The molecular formula is C22H19N3O3. The Morgan fingerprint density at radius 1 is 1.14 bits per heavy atom. The standard InChI is InChI=1S/C22H19N3O3/c1-20(2)16-4-6-22(7-5-18(25)27)10-13(11-23)15(26)8-17(22)21(16,3)9-14(12-24)19(20)28/h8-10,16H,4,6H2,1-3H3,(H2,25,27). The van der Waals surface area contributed by atoms with Crippen LogP contribution in [0.2, 0.25) is 0 Å². The van der Waals surface area contributed by atoms with Gasteiger partial charge in [0.2, 0.25) is 0 Å². The maximum atomic E-state index is 12.8. The monoisotopic (exact) mass is 373 g/mol. The first kappa shape index (κ1) is 19.3. The number of carbonyl (C=O) groups is 3. The number of nitriles is 2. The molecule has 0 spiro atoms. The first-order valence-corrected chi connectivity index (χ1v) is 8.92. The van der Waals surface area contributed by atoms with E-state index in [1.54, 1.807) is 6.08 Å². The Balaban J connectivity index is 2.33. The van der Waals surface area contributed by atoms with E-state index < -0.39 is 27.9 Å². The highest BCUT2D eigenvalue weighted by molar-refractivity contribution is 6.10. The number of Topliss-reactive ketones (excluding diaryl/α,β-unsaturated/α-hetero) is 1. The Labute approximate surface area is 163 Å². The van der Waals surface area contributed by atoms with Crippen LogP contribution >= 0.6 is 0 Å². The summed E-state index contributed by atoms with van der Waals surface area (Å²) in [4.78, 5) is 36.6. The van der Waals surface area contributed by atoms with Crippen LogP contribution in [0.1, 0.15) is 33.6 Å². The average Bonchev–Trinajstić information content (AvgIpc) is 2.63. The smallest absolute Gasteiger partial charge is 0.293 e. The molecule has 3 rings (SSSR count). The molecule has 3 atom stereocenters. The summed E-state index contributed by atoms with van der Waals surface area (Å²) in [7, 11) is 0. The van der Waals surface area contributed by atoms with Crippen molar-refractivity contribution in [2.45, 2.75) is 33.6 Å². The summed E-state index contributed by atoms with van der Waals surface area (Å²) < 4.78 is 0. The zero-order valence-corrected chi connectivity index (χ0v) is 15.9. The molecule has 1 saturated carbocycles. The van der Waals surface area contributed by atoms with E-state index in [4.69, 9.17) is 5.73 Å². The molecule has 3 unspecified atom stereocenters. The van der Waals surface area contributed by atoms with Crippen molar-refractivity contribution < 1.29 is 14.4 Å². The van der Waals surface area contributed by atoms with E-state index >= 15 is 0 Å². The van der Waals surface area contributed by atoms with Gasteiger partial charge in [-0.3, -0.25) is 14.4 Å². The molecule has 0 aliphatic heterocycles. The average molecular weight is 373 g/mol. The molecule has 0 aromatic rings. The van der Waals surface area contributed by atoms with Crippen molar-refractivity contribution in [1.29, 1.82) is 10.5 Å². The zero-order valence-electron chi connectivity index (χ0n) is 15.9. The molecule has 28 heavy (non-hydrogen) atoms. The van der Waals surface area contributed by atoms with Gasteiger partial charge >= 0.3 is 0 Å². The number of rotatable bonds is 0. The predicted octanol–water partition coefficient (Wildman–Crippen LogP) is 1.90. The molecule has 0 aromatic heterocycles. The van der Waals surface area contributed by atoms with Crippen molar-refractivity contribution in [3.63, 3.8) is 0 Å². The minimum atomic E-state index is -1.02. The second-order valence-corrected chi connectivity index (χ2v) is 8.27. The summed E-state index contributed by atoms with van der Waals surface area (Å²) in [5, 5.41) is 18.8. The summed E-state index contributed by atoms with van der Waals surface area (Å²) in [5.41, 5.74) is 3.18. The number of hydrogen-bond acceptors (Lipinski definition) is 5. The van der Waals surface area contributed by atoms with Crippen LogP contribution in [0.3, 0.4) is 0 Å². The molecule has 3 aliphatic carbocycles. The summed E-state index contributed by atoms with van der Waals surface area (Å²) in [5.74, 6) is 3.61. The van der Waals surface area contributed by atoms with Crippen LogP contribution in [0, 0.1) is 56.7 Å². The Kier molecular flexibility index (Phi) is 4.17. The van der Waals surface area contributed by atoms with Gasteiger partial charge in [0.25, 0.3) is 5.91 Å². The number of fused-ring (bicyclic) bond motifs is 3. The van der Waals surface area contributed by atoms with Crippen LogP contribution in [-0.4, -0.2) is 17.5 Å². The molecule has 1 amide bonds. The molecule has 1 fully saturated rings. The normalized spacial score (nSPS) is 32.8. The van der Waals surface area contributed by atoms with Crippen molar-refractivity contribution in [2.24, 2.45) is 27.9 Å². The summed E-state index contributed by atoms with van der Waals surface area (Å²) in [6, 6.07) is 3.87. The SMILES string of the molecule is CC1(C)C(=O)C(C#N)=CC2(C)C3=CC(=O)C(C#N)=CC3(C#CC(N)=O)CCC12. The number of allylic oxidation sites excluding steroid dienone is 6. The molecular weight excluding hydrogens is 354 g/mol. The number of amides is 1. The Morgan fingerprint density at radius 2 is 1.79 bits per heavy atom. The maximum absolute atomic E-state index is 12.8. The van der Waals surface area contributed by atoms with Gasteiger partial charge < -0.3 is 5.73 Å². The van der Waals surface area contributed by atoms with Crippen LogP contribution in [0.15, 0.2) is 34.9 Å². The fourth-order valence-corrected chi connectivity index (χ4v) is 5.10. The molecule has 6 heteroatoms. The molecule has 0 aromatic carbocycles. The van der Waals surface area contributed by atoms with E-state index in [0.717, 1.165) is 0 Å². The molecule has 0 saturated heterocycles. The third kappa shape index (κ3) is 2.52. The van der Waals surface area contributed by atoms with Crippen molar-refractivity contribution in [1.82, 2.24) is 0 Å². The van der Waals surface area contributed by atoms with Gasteiger partial charge in [-0.25, -0.2) is 0 Å². The minimum Gasteiger partial charge on any atom is -0.359 e. The van der Waals surface area contributed by atoms with Crippen molar-refractivity contribution >= 4 is 17.5 Å². The molecule has 2 N–H and O–H groups in total. The van der Waals surface area contributed by atoms with Crippen LogP contribution < -0.4 is 5.73 Å². The van der Waals surface area contributed by atoms with E-state index in [1.807, 2.05) is 32.9 Å². The maximum Gasteiger partial charge on any atom is 0.293 e. The lowest BCUT2D eigenvalue weighted by Gasteiger charge is -2.56. The summed E-state index contributed by atoms with van der Waals surface area (Å²) in [6.07, 6.45) is 5.52. The Bertz CT molecular complexity index is 1070. The number of carbonyl (C=O) groups excluding carboxylic acids is 3. The van der Waals surface area contributed by atoms with Gasteiger partial charge in [0, 0.05) is 10.8 Å². The Hall–Kier alpha value is -3.43. The van der Waals surface area contributed by atoms with Crippen LogP contribution in [-0.2, 0) is 14.4 Å². The van der Waals surface area contributed by atoms with Crippen molar-refractivity contribution in [3.05, 3.63) is 34.9 Å². The topological polar surface area (TPSA) is 125 Å². The Morgan fingerprint density at radius 3 is 2.36 bits per heavy atom. The highest BCUT2D eigenvalue weighted by atomic mass is 16.1. The fourth-order valence-electron chi connectivity index (χ4n) is 5.10. The van der Waals surface area contributed by atoms with E-state index in [-0.39, 0.29) is 22.8 Å². The van der Waals surface area contributed by atoms with Crippen LogP contribution in [0.25, 0.3) is 0 Å². The second kappa shape index (κ2) is 6.04. The van der Waals surface area contributed by atoms with Gasteiger partial charge in [-0.15, -0.1) is 0 Å². The van der Waals surface area contributed by atoms with Crippen molar-refractivity contribution in [3.8, 4) is 24.0 Å².